The van der Waals surface area contributed by atoms with E-state index in [1.165, 1.54) is 26.4 Å². The molecule has 1 aromatic carbocycles. The lowest BCUT2D eigenvalue weighted by Crippen LogP contribution is -2.16. The van der Waals surface area contributed by atoms with Gasteiger partial charge in [-0.1, -0.05) is 44.1 Å². The molecule has 2 fully saturated rings. The summed E-state index contributed by atoms with van der Waals surface area (Å²) in [4.78, 5) is 23.6. The number of ketones is 1. The van der Waals surface area contributed by atoms with Crippen LogP contribution in [0.25, 0.3) is 0 Å². The normalized spacial score (nSPS) is 26.2. The number of Topliss-reactive ketones (excluding diaryl/α,β-unsaturated/α-hetero) is 1. The predicted octanol–water partition coefficient (Wildman–Crippen LogP) is 4.37. The van der Waals surface area contributed by atoms with E-state index in [2.05, 4.69) is 23.8 Å². The maximum absolute atomic E-state index is 12.4. The molecule has 0 aromatic heterocycles. The van der Waals surface area contributed by atoms with Crippen molar-refractivity contribution < 1.29 is 19.1 Å². The van der Waals surface area contributed by atoms with E-state index in [-0.39, 0.29) is 12.5 Å². The Labute approximate surface area is 161 Å². The largest absolute Gasteiger partial charge is 0.482 e. The molecule has 1 aromatic rings. The van der Waals surface area contributed by atoms with Crippen molar-refractivity contribution in [2.45, 2.75) is 45.4 Å². The van der Waals surface area contributed by atoms with Crippen LogP contribution in [0.4, 0.5) is 0 Å². The van der Waals surface area contributed by atoms with Crippen LogP contribution in [0, 0.1) is 23.7 Å². The fraction of sp³-hybridized carbons (Fsp3) is 0.565. The zero-order valence-corrected chi connectivity index (χ0v) is 16.4. The Balaban J connectivity index is 1.54. The highest BCUT2D eigenvalue weighted by Crippen LogP contribution is 2.60. The first-order valence-corrected chi connectivity index (χ1v) is 10.1. The number of unbranched alkanes of at least 4 members (excludes halogenated alkanes) is 3. The highest BCUT2D eigenvalue weighted by Gasteiger charge is 2.59. The maximum atomic E-state index is 12.4. The Morgan fingerprint density at radius 1 is 1.30 bits per heavy atom. The standard InChI is InChI=1S/C23H30O4/c1-3-4-5-6-7-11-18-19-14-21(24)20(23(18)19)13-16-9-8-10-17(12-16)27-15-22(25)26-2/h7-12,18-20,23H,3-6,13-15H2,1-2H3/b11-7+. The van der Waals surface area contributed by atoms with Crippen LogP contribution in [-0.2, 0) is 20.7 Å². The van der Waals surface area contributed by atoms with Gasteiger partial charge in [0, 0.05) is 12.3 Å². The minimum Gasteiger partial charge on any atom is -0.482 e. The molecule has 0 bridgehead atoms. The molecule has 0 radical (unpaired) electrons. The Morgan fingerprint density at radius 3 is 2.93 bits per heavy atom. The minimum absolute atomic E-state index is 0.0993. The molecule has 0 saturated heterocycles. The summed E-state index contributed by atoms with van der Waals surface area (Å²) in [7, 11) is 1.34. The van der Waals surface area contributed by atoms with Gasteiger partial charge in [-0.25, -0.2) is 4.79 Å². The molecular formula is C23H30O4. The third-order valence-corrected chi connectivity index (χ3v) is 5.88. The first-order valence-electron chi connectivity index (χ1n) is 10.1. The number of hydrogen-bond donors (Lipinski definition) is 0. The van der Waals surface area contributed by atoms with Crippen LogP contribution in [0.15, 0.2) is 36.4 Å². The molecule has 0 aliphatic heterocycles. The van der Waals surface area contributed by atoms with Crippen LogP contribution >= 0.6 is 0 Å². The van der Waals surface area contributed by atoms with Crippen molar-refractivity contribution in [2.24, 2.45) is 23.7 Å². The summed E-state index contributed by atoms with van der Waals surface area (Å²) in [6.07, 6.45) is 11.1. The Hall–Kier alpha value is -2.10. The van der Waals surface area contributed by atoms with Crippen molar-refractivity contribution in [1.29, 1.82) is 0 Å². The van der Waals surface area contributed by atoms with Crippen molar-refractivity contribution in [3.05, 3.63) is 42.0 Å². The summed E-state index contributed by atoms with van der Waals surface area (Å²) in [6.45, 7) is 2.12. The van der Waals surface area contributed by atoms with Gasteiger partial charge in [0.25, 0.3) is 0 Å². The van der Waals surface area contributed by atoms with Gasteiger partial charge in [0.2, 0.25) is 0 Å². The summed E-state index contributed by atoms with van der Waals surface area (Å²) < 4.78 is 10.1. The van der Waals surface area contributed by atoms with E-state index in [1.54, 1.807) is 0 Å². The van der Waals surface area contributed by atoms with Crippen LogP contribution in [-0.4, -0.2) is 25.5 Å². The predicted molar refractivity (Wildman–Crippen MR) is 105 cm³/mol. The number of fused-ring (bicyclic) bond motifs is 1. The molecule has 27 heavy (non-hydrogen) atoms. The van der Waals surface area contributed by atoms with Gasteiger partial charge in [-0.05, 0) is 54.7 Å². The first-order chi connectivity index (χ1) is 13.1. The van der Waals surface area contributed by atoms with E-state index < -0.39 is 5.97 Å². The molecule has 0 N–H and O–H groups in total. The SMILES string of the molecule is CCCCC/C=C/C1C2CC(=O)C(Cc3cccc(OCC(=O)OC)c3)C12. The molecule has 2 saturated carbocycles. The average molecular weight is 370 g/mol. The zero-order chi connectivity index (χ0) is 19.2. The smallest absolute Gasteiger partial charge is 0.343 e. The lowest BCUT2D eigenvalue weighted by molar-refractivity contribution is -0.142. The minimum atomic E-state index is -0.402. The fourth-order valence-electron chi connectivity index (χ4n) is 4.37. The van der Waals surface area contributed by atoms with Gasteiger partial charge in [0.15, 0.2) is 6.61 Å². The third kappa shape index (κ3) is 5.00. The van der Waals surface area contributed by atoms with Gasteiger partial charge in [0.1, 0.15) is 11.5 Å². The third-order valence-electron chi connectivity index (χ3n) is 5.88. The molecule has 146 valence electrons. The van der Waals surface area contributed by atoms with E-state index >= 15 is 0 Å². The molecule has 0 heterocycles. The lowest BCUT2D eigenvalue weighted by Gasteiger charge is -2.13. The number of hydrogen-bond acceptors (Lipinski definition) is 4. The van der Waals surface area contributed by atoms with E-state index in [4.69, 9.17) is 4.74 Å². The number of methoxy groups -OCH3 is 1. The molecule has 3 rings (SSSR count). The highest BCUT2D eigenvalue weighted by atomic mass is 16.6. The second-order valence-corrected chi connectivity index (χ2v) is 7.74. The lowest BCUT2D eigenvalue weighted by atomic mass is 9.91. The van der Waals surface area contributed by atoms with E-state index in [9.17, 15) is 9.59 Å². The molecule has 4 atom stereocenters. The van der Waals surface area contributed by atoms with Crippen molar-refractivity contribution in [2.75, 3.05) is 13.7 Å². The molecule has 4 heteroatoms. The van der Waals surface area contributed by atoms with Crippen LogP contribution in [0.3, 0.4) is 0 Å². The number of benzene rings is 1. The molecule has 4 nitrogen and oxygen atoms in total. The molecule has 2 aliphatic rings. The van der Waals surface area contributed by atoms with E-state index in [0.717, 1.165) is 24.8 Å². The zero-order valence-electron chi connectivity index (χ0n) is 16.4. The van der Waals surface area contributed by atoms with E-state index in [1.807, 2.05) is 24.3 Å². The molecule has 4 unspecified atom stereocenters. The van der Waals surface area contributed by atoms with Crippen LogP contribution in [0.1, 0.15) is 44.6 Å². The van der Waals surface area contributed by atoms with Gasteiger partial charge in [-0.15, -0.1) is 0 Å². The Kier molecular flexibility index (Phi) is 6.70. The summed E-state index contributed by atoms with van der Waals surface area (Å²) in [5.41, 5.74) is 1.09. The summed E-state index contributed by atoms with van der Waals surface area (Å²) in [6, 6.07) is 7.70. The van der Waals surface area contributed by atoms with Crippen molar-refractivity contribution in [3.8, 4) is 5.75 Å². The van der Waals surface area contributed by atoms with Crippen molar-refractivity contribution >= 4 is 11.8 Å². The van der Waals surface area contributed by atoms with Gasteiger partial charge in [0.05, 0.1) is 7.11 Å². The summed E-state index contributed by atoms with van der Waals surface area (Å²) in [5.74, 6) is 2.43. The van der Waals surface area contributed by atoms with Crippen molar-refractivity contribution in [1.82, 2.24) is 0 Å². The monoisotopic (exact) mass is 370 g/mol. The average Bonchev–Trinajstić information content (AvgIpc) is 3.24. The number of rotatable bonds is 10. The fourth-order valence-corrected chi connectivity index (χ4v) is 4.37. The highest BCUT2D eigenvalue weighted by molar-refractivity contribution is 5.86. The molecule has 2 aliphatic carbocycles. The number of carbonyl (C=O) groups is 2. The number of allylic oxidation sites excluding steroid dienone is 2. The quantitative estimate of drug-likeness (QED) is 0.349. The van der Waals surface area contributed by atoms with E-state index in [0.29, 0.717) is 29.3 Å². The molecular weight excluding hydrogens is 340 g/mol. The summed E-state index contributed by atoms with van der Waals surface area (Å²) in [5, 5.41) is 0. The first kappa shape index (κ1) is 19.7. The molecule has 0 spiro atoms. The number of ether oxygens (including phenoxy) is 2. The van der Waals surface area contributed by atoms with Gasteiger partial charge < -0.3 is 9.47 Å². The van der Waals surface area contributed by atoms with Gasteiger partial charge >= 0.3 is 5.97 Å². The Morgan fingerprint density at radius 2 is 2.15 bits per heavy atom. The number of carbonyl (C=O) groups excluding carboxylic acids is 2. The van der Waals surface area contributed by atoms with Crippen LogP contribution in [0.5, 0.6) is 5.75 Å². The second-order valence-electron chi connectivity index (χ2n) is 7.74. The van der Waals surface area contributed by atoms with Crippen LogP contribution < -0.4 is 4.74 Å². The summed E-state index contributed by atoms with van der Waals surface area (Å²) >= 11 is 0. The number of esters is 1. The van der Waals surface area contributed by atoms with Crippen LogP contribution in [0.2, 0.25) is 0 Å². The molecule has 0 amide bonds. The van der Waals surface area contributed by atoms with Gasteiger partial charge in [-0.3, -0.25) is 4.79 Å². The Bertz CT molecular complexity index is 693. The van der Waals surface area contributed by atoms with Crippen molar-refractivity contribution in [3.63, 3.8) is 0 Å². The van der Waals surface area contributed by atoms with Gasteiger partial charge in [-0.2, -0.15) is 0 Å². The topological polar surface area (TPSA) is 52.6 Å². The second kappa shape index (κ2) is 9.20. The maximum Gasteiger partial charge on any atom is 0.343 e.